The van der Waals surface area contributed by atoms with Crippen molar-refractivity contribution in [1.29, 1.82) is 0 Å². The topological polar surface area (TPSA) is 152 Å². The van der Waals surface area contributed by atoms with E-state index in [1.807, 2.05) is 66.7 Å². The summed E-state index contributed by atoms with van der Waals surface area (Å²) in [6, 6.07) is 32.7. The van der Waals surface area contributed by atoms with Gasteiger partial charge in [0.25, 0.3) is 5.82 Å². The van der Waals surface area contributed by atoms with Crippen molar-refractivity contribution in [3.63, 3.8) is 0 Å². The van der Waals surface area contributed by atoms with Crippen LogP contribution >= 0.6 is 0 Å². The van der Waals surface area contributed by atoms with Gasteiger partial charge in [-0.15, -0.1) is 4.98 Å². The maximum Gasteiger partial charge on any atom is 0.356 e. The third kappa shape index (κ3) is 7.07. The van der Waals surface area contributed by atoms with Gasteiger partial charge < -0.3 is 9.58 Å². The highest BCUT2D eigenvalue weighted by atomic mass is 16.5. The van der Waals surface area contributed by atoms with Crippen molar-refractivity contribution in [2.75, 3.05) is 7.11 Å². The van der Waals surface area contributed by atoms with Gasteiger partial charge in [-0.1, -0.05) is 55.1 Å². The van der Waals surface area contributed by atoms with Crippen molar-refractivity contribution in [1.82, 2.24) is 39.5 Å². The van der Waals surface area contributed by atoms with E-state index in [9.17, 15) is 14.4 Å². The molecule has 0 atom stereocenters. The number of ether oxygens (including phenoxy) is 1. The lowest BCUT2D eigenvalue weighted by Crippen LogP contribution is -2.07. The first kappa shape index (κ1) is 34.7. The number of benzene rings is 2. The van der Waals surface area contributed by atoms with Crippen LogP contribution in [-0.4, -0.2) is 64.1 Å². The van der Waals surface area contributed by atoms with Crippen LogP contribution in [-0.2, 0) is 4.74 Å². The molecule has 0 fully saturated rings. The van der Waals surface area contributed by atoms with Gasteiger partial charge in [-0.2, -0.15) is 14.9 Å². The largest absolute Gasteiger partial charge is 0.464 e. The van der Waals surface area contributed by atoms with E-state index in [1.54, 1.807) is 64.2 Å². The lowest BCUT2D eigenvalue weighted by atomic mass is 10.1. The van der Waals surface area contributed by atoms with Crippen LogP contribution in [0.15, 0.2) is 122 Å². The van der Waals surface area contributed by atoms with Gasteiger partial charge in [-0.25, -0.2) is 24.4 Å². The van der Waals surface area contributed by atoms with Gasteiger partial charge in [-0.05, 0) is 54.6 Å². The fourth-order valence-electron chi connectivity index (χ4n) is 5.66. The van der Waals surface area contributed by atoms with E-state index in [0.29, 0.717) is 34.5 Å². The lowest BCUT2D eigenvalue weighted by Gasteiger charge is -2.07. The molecule has 8 aromatic rings. The molecular weight excluding hydrogens is 683 g/mol. The van der Waals surface area contributed by atoms with Gasteiger partial charge in [0.15, 0.2) is 23.1 Å². The molecule has 0 saturated heterocycles. The van der Waals surface area contributed by atoms with E-state index >= 15 is 0 Å². The summed E-state index contributed by atoms with van der Waals surface area (Å²) in [6.07, 6.45) is 3.48. The second kappa shape index (κ2) is 14.9. The van der Waals surface area contributed by atoms with Gasteiger partial charge in [0.05, 0.1) is 41.9 Å². The molecule has 54 heavy (non-hydrogen) atoms. The summed E-state index contributed by atoms with van der Waals surface area (Å²) in [5.41, 5.74) is 5.85. The lowest BCUT2D eigenvalue weighted by molar-refractivity contribution is 0.0593. The number of hydrogen-bond donors (Lipinski definition) is 0. The van der Waals surface area contributed by atoms with Crippen molar-refractivity contribution >= 4 is 45.2 Å². The van der Waals surface area contributed by atoms with Crippen LogP contribution < -0.4 is 0 Å². The fourth-order valence-corrected chi connectivity index (χ4v) is 5.66. The number of rotatable bonds is 7. The molecular formula is C41H29N9O4. The predicted octanol–water partition coefficient (Wildman–Crippen LogP) is 7.71. The Morgan fingerprint density at radius 3 is 1.57 bits per heavy atom. The van der Waals surface area contributed by atoms with Crippen LogP contribution in [0.4, 0.5) is 5.82 Å². The van der Waals surface area contributed by atoms with E-state index < -0.39 is 5.97 Å². The minimum absolute atomic E-state index is 0.0712. The van der Waals surface area contributed by atoms with Gasteiger partial charge in [-0.3, -0.25) is 9.59 Å². The second-order valence-electron chi connectivity index (χ2n) is 11.9. The third-order valence-electron chi connectivity index (χ3n) is 8.35. The summed E-state index contributed by atoms with van der Waals surface area (Å²) in [5.74, 6) is 0.730. The molecule has 6 aromatic heterocycles. The standard InChI is InChI=1S/C21H16N4O3.C20H13N5O/c1-13(26)16-5-3-6-17(23-16)14-9-10-15-12-22-25(19(15)11-14)20-8-4-7-18(24-20)21(27)28-2;1-13(26)16-5-3-6-17(23-16)14-9-10-15-12-22-25(18(15)11-14)20-8-4-7-19(21-2)24-20/h3-12H,1-2H3;3-12H,1H3. The molecule has 0 aliphatic heterocycles. The molecule has 13 nitrogen and oxygen atoms in total. The van der Waals surface area contributed by atoms with Gasteiger partial charge in [0, 0.05) is 41.8 Å². The number of ketones is 2. The van der Waals surface area contributed by atoms with E-state index in [2.05, 4.69) is 35.0 Å². The number of methoxy groups -OCH3 is 1. The molecule has 0 aliphatic carbocycles. The van der Waals surface area contributed by atoms with E-state index in [0.717, 1.165) is 38.6 Å². The minimum atomic E-state index is -0.510. The Kier molecular flexibility index (Phi) is 9.56. The minimum Gasteiger partial charge on any atom is -0.464 e. The maximum atomic E-state index is 11.8. The predicted molar refractivity (Wildman–Crippen MR) is 202 cm³/mol. The highest BCUT2D eigenvalue weighted by Gasteiger charge is 2.14. The highest BCUT2D eigenvalue weighted by Crippen LogP contribution is 2.27. The zero-order valence-electron chi connectivity index (χ0n) is 29.2. The zero-order chi connectivity index (χ0) is 37.8. The Balaban J connectivity index is 0.000000167. The number of hydrogen-bond acceptors (Lipinski definition) is 10. The second-order valence-corrected chi connectivity index (χ2v) is 11.9. The summed E-state index contributed by atoms with van der Waals surface area (Å²) in [5, 5.41) is 10.7. The first-order valence-electron chi connectivity index (χ1n) is 16.6. The van der Waals surface area contributed by atoms with Crippen molar-refractivity contribution < 1.29 is 19.1 Å². The van der Waals surface area contributed by atoms with Gasteiger partial charge >= 0.3 is 5.97 Å². The van der Waals surface area contributed by atoms with Crippen molar-refractivity contribution in [3.05, 3.63) is 150 Å². The molecule has 8 rings (SSSR count). The van der Waals surface area contributed by atoms with Crippen LogP contribution in [0.2, 0.25) is 0 Å². The molecule has 0 spiro atoms. The molecule has 2 aromatic carbocycles. The summed E-state index contributed by atoms with van der Waals surface area (Å²) in [7, 11) is 1.31. The maximum absolute atomic E-state index is 11.8. The van der Waals surface area contributed by atoms with E-state index in [4.69, 9.17) is 11.3 Å². The quantitative estimate of drug-likeness (QED) is 0.0913. The SMILES string of the molecule is COC(=O)c1cccc(-n2ncc3ccc(-c4cccc(C(C)=O)n4)cc32)n1.[C-]#[N+]c1cccc(-n2ncc3ccc(-c4cccc(C(C)=O)n4)cc32)n1. The number of carbonyl (C=O) groups is 3. The van der Waals surface area contributed by atoms with Gasteiger partial charge in [0.2, 0.25) is 5.82 Å². The fraction of sp³-hybridized carbons (Fsp3) is 0.0732. The zero-order valence-corrected chi connectivity index (χ0v) is 29.2. The first-order chi connectivity index (χ1) is 26.2. The smallest absolute Gasteiger partial charge is 0.356 e. The summed E-state index contributed by atoms with van der Waals surface area (Å²) in [6.45, 7) is 10.1. The molecule has 262 valence electrons. The number of esters is 1. The molecule has 13 heteroatoms. The molecule has 6 heterocycles. The normalized spacial score (nSPS) is 10.7. The Morgan fingerprint density at radius 1 is 0.593 bits per heavy atom. The van der Waals surface area contributed by atoms with Crippen LogP contribution in [0.1, 0.15) is 45.3 Å². The summed E-state index contributed by atoms with van der Waals surface area (Å²) < 4.78 is 8.09. The average Bonchev–Trinajstić information content (AvgIpc) is 3.85. The summed E-state index contributed by atoms with van der Waals surface area (Å²) >= 11 is 0. The van der Waals surface area contributed by atoms with Gasteiger partial charge in [0.1, 0.15) is 11.4 Å². The molecule has 0 saturated carbocycles. The van der Waals surface area contributed by atoms with Crippen LogP contribution in [0.25, 0.3) is 60.8 Å². The average molecular weight is 712 g/mol. The number of Topliss-reactive ketones (excluding diaryl/α,β-unsaturated/α-hetero) is 2. The number of carbonyl (C=O) groups excluding carboxylic acids is 3. The number of fused-ring (bicyclic) bond motifs is 2. The van der Waals surface area contributed by atoms with Crippen LogP contribution in [0.3, 0.4) is 0 Å². The first-order valence-corrected chi connectivity index (χ1v) is 16.6. The van der Waals surface area contributed by atoms with Crippen molar-refractivity contribution in [3.8, 4) is 34.2 Å². The highest BCUT2D eigenvalue weighted by molar-refractivity contribution is 5.94. The Morgan fingerprint density at radius 2 is 1.07 bits per heavy atom. The Labute approximate surface area is 308 Å². The number of aromatic nitrogens is 8. The number of pyridine rings is 4. The molecule has 0 unspecified atom stereocenters. The van der Waals surface area contributed by atoms with E-state index in [-0.39, 0.29) is 17.3 Å². The Bertz CT molecular complexity index is 2780. The Hall–Kier alpha value is -7.72. The summed E-state index contributed by atoms with van der Waals surface area (Å²) in [4.78, 5) is 55.9. The van der Waals surface area contributed by atoms with Crippen LogP contribution in [0, 0.1) is 6.57 Å². The molecule has 0 bridgehead atoms. The van der Waals surface area contributed by atoms with Crippen LogP contribution in [0.5, 0.6) is 0 Å². The molecule has 0 aliphatic rings. The molecule has 0 radical (unpaired) electrons. The van der Waals surface area contributed by atoms with Crippen molar-refractivity contribution in [2.24, 2.45) is 0 Å². The monoisotopic (exact) mass is 711 g/mol. The van der Waals surface area contributed by atoms with Crippen molar-refractivity contribution in [2.45, 2.75) is 13.8 Å². The molecule has 0 amide bonds. The molecule has 0 N–H and O–H groups in total. The third-order valence-corrected chi connectivity index (χ3v) is 8.35. The number of nitrogens with zero attached hydrogens (tertiary/aromatic N) is 9. The van der Waals surface area contributed by atoms with E-state index in [1.165, 1.54) is 21.0 Å².